The lowest BCUT2D eigenvalue weighted by Crippen LogP contribution is -2.01. The van der Waals surface area contributed by atoms with Crippen molar-refractivity contribution in [3.05, 3.63) is 81.9 Å². The Bertz CT molecular complexity index is 1260. The highest BCUT2D eigenvalue weighted by atomic mass is 16.6. The van der Waals surface area contributed by atoms with Crippen LogP contribution in [0.3, 0.4) is 0 Å². The molecule has 0 saturated carbocycles. The molecule has 0 aliphatic rings. The molecule has 7 nitrogen and oxygen atoms in total. The van der Waals surface area contributed by atoms with Crippen LogP contribution in [0.1, 0.15) is 29.3 Å². The van der Waals surface area contributed by atoms with E-state index < -0.39 is 10.9 Å². The van der Waals surface area contributed by atoms with E-state index in [4.69, 9.17) is 4.42 Å². The summed E-state index contributed by atoms with van der Waals surface area (Å²) < 4.78 is 5.94. The van der Waals surface area contributed by atoms with Gasteiger partial charge in [-0.25, -0.2) is 9.78 Å². The lowest BCUT2D eigenvalue weighted by molar-refractivity contribution is -0.384. The van der Waals surface area contributed by atoms with Crippen molar-refractivity contribution in [1.29, 1.82) is 0 Å². The first kappa shape index (κ1) is 19.3. The minimum Gasteiger partial charge on any atom is -0.478 e. The Balaban J connectivity index is 1.75. The molecule has 2 heterocycles. The second-order valence-corrected chi connectivity index (χ2v) is 6.93. The molecule has 2 aromatic carbocycles. The number of aryl methyl sites for hydroxylation is 1. The highest BCUT2D eigenvalue weighted by molar-refractivity contribution is 6.04. The number of aromatic carboxylic acids is 1. The van der Waals surface area contributed by atoms with Gasteiger partial charge in [-0.1, -0.05) is 37.6 Å². The first-order valence-corrected chi connectivity index (χ1v) is 9.48. The van der Waals surface area contributed by atoms with Gasteiger partial charge in [-0.15, -0.1) is 0 Å². The summed E-state index contributed by atoms with van der Waals surface area (Å²) in [5.74, 6) is -0.122. The number of nitro groups is 1. The van der Waals surface area contributed by atoms with Gasteiger partial charge in [-0.3, -0.25) is 10.1 Å². The molecule has 0 saturated heterocycles. The van der Waals surface area contributed by atoms with Crippen molar-refractivity contribution in [3.63, 3.8) is 0 Å². The minimum atomic E-state index is -1.19. The maximum atomic E-state index is 11.8. The number of nitrogens with zero attached hydrogens (tertiary/aromatic N) is 2. The Kier molecular flexibility index (Phi) is 5.02. The summed E-state index contributed by atoms with van der Waals surface area (Å²) in [7, 11) is 0. The largest absolute Gasteiger partial charge is 0.478 e. The van der Waals surface area contributed by atoms with Crippen LogP contribution in [0, 0.1) is 10.1 Å². The Morgan fingerprint density at radius 2 is 1.80 bits per heavy atom. The summed E-state index contributed by atoms with van der Waals surface area (Å²) >= 11 is 0. The number of non-ortho nitro benzene ring substituents is 1. The molecule has 30 heavy (non-hydrogen) atoms. The Labute approximate surface area is 171 Å². The summed E-state index contributed by atoms with van der Waals surface area (Å²) in [4.78, 5) is 26.7. The number of fused-ring (bicyclic) bond motifs is 1. The van der Waals surface area contributed by atoms with Crippen LogP contribution >= 0.6 is 0 Å². The van der Waals surface area contributed by atoms with Crippen LogP contribution < -0.4 is 0 Å². The van der Waals surface area contributed by atoms with Crippen LogP contribution in [-0.4, -0.2) is 21.0 Å². The van der Waals surface area contributed by atoms with E-state index in [2.05, 4.69) is 24.0 Å². The number of hydrogen-bond donors (Lipinski definition) is 1. The average Bonchev–Trinajstić information content (AvgIpc) is 3.23. The van der Waals surface area contributed by atoms with Gasteiger partial charge in [0.15, 0.2) is 5.76 Å². The fourth-order valence-corrected chi connectivity index (χ4v) is 3.39. The first-order chi connectivity index (χ1) is 14.5. The van der Waals surface area contributed by atoms with E-state index in [1.165, 1.54) is 29.8 Å². The standard InChI is InChI=1S/C23H18N2O5/c1-2-3-14-4-6-15(7-5-14)21-10-11-22(30-21)20-13-18(23(26)27)17-12-16(25(28)29)8-9-19(17)24-20/h4-13H,2-3H2,1H3,(H,26,27). The SMILES string of the molecule is CCCc1ccc(-c2ccc(-c3cc(C(=O)O)c4cc([N+](=O)[O-])ccc4n3)o2)cc1. The van der Waals surface area contributed by atoms with E-state index >= 15 is 0 Å². The van der Waals surface area contributed by atoms with E-state index in [0.717, 1.165) is 18.4 Å². The summed E-state index contributed by atoms with van der Waals surface area (Å²) in [5.41, 5.74) is 2.60. The smallest absolute Gasteiger partial charge is 0.336 e. The maximum absolute atomic E-state index is 11.8. The van der Waals surface area contributed by atoms with Gasteiger partial charge in [-0.2, -0.15) is 0 Å². The maximum Gasteiger partial charge on any atom is 0.336 e. The lowest BCUT2D eigenvalue weighted by atomic mass is 10.1. The molecule has 0 aliphatic carbocycles. The minimum absolute atomic E-state index is 0.0689. The molecular weight excluding hydrogens is 384 g/mol. The number of hydrogen-bond acceptors (Lipinski definition) is 5. The fourth-order valence-electron chi connectivity index (χ4n) is 3.39. The van der Waals surface area contributed by atoms with E-state index in [1.54, 1.807) is 6.07 Å². The highest BCUT2D eigenvalue weighted by Crippen LogP contribution is 2.31. The number of benzene rings is 2. The van der Waals surface area contributed by atoms with Crippen molar-refractivity contribution in [2.75, 3.05) is 0 Å². The van der Waals surface area contributed by atoms with E-state index in [9.17, 15) is 20.0 Å². The van der Waals surface area contributed by atoms with Crippen LogP contribution in [0.25, 0.3) is 33.7 Å². The van der Waals surface area contributed by atoms with Crippen LogP contribution in [-0.2, 0) is 6.42 Å². The van der Waals surface area contributed by atoms with Gasteiger partial charge < -0.3 is 9.52 Å². The van der Waals surface area contributed by atoms with Crippen molar-refractivity contribution in [3.8, 4) is 22.8 Å². The van der Waals surface area contributed by atoms with Gasteiger partial charge in [0.25, 0.3) is 5.69 Å². The Hall–Kier alpha value is -4.00. The van der Waals surface area contributed by atoms with Crippen molar-refractivity contribution < 1.29 is 19.2 Å². The summed E-state index contributed by atoms with van der Waals surface area (Å²) in [6, 6.07) is 17.0. The lowest BCUT2D eigenvalue weighted by Gasteiger charge is -2.06. The third kappa shape index (κ3) is 3.65. The van der Waals surface area contributed by atoms with Gasteiger partial charge in [0, 0.05) is 23.1 Å². The molecule has 0 atom stereocenters. The first-order valence-electron chi connectivity index (χ1n) is 9.48. The molecule has 4 aromatic rings. The zero-order valence-corrected chi connectivity index (χ0v) is 16.2. The number of carboxylic acid groups (broad SMARTS) is 1. The number of pyridine rings is 1. The average molecular weight is 402 g/mol. The van der Waals surface area contributed by atoms with Crippen molar-refractivity contribution in [2.24, 2.45) is 0 Å². The highest BCUT2D eigenvalue weighted by Gasteiger charge is 2.18. The third-order valence-electron chi connectivity index (χ3n) is 4.87. The van der Waals surface area contributed by atoms with Gasteiger partial charge >= 0.3 is 5.97 Å². The van der Waals surface area contributed by atoms with E-state index in [0.29, 0.717) is 22.7 Å². The molecule has 1 N–H and O–H groups in total. The van der Waals surface area contributed by atoms with E-state index in [1.807, 2.05) is 18.2 Å². The van der Waals surface area contributed by atoms with Crippen LogP contribution in [0.15, 0.2) is 65.1 Å². The molecule has 0 fully saturated rings. The van der Waals surface area contributed by atoms with Crippen molar-refractivity contribution in [1.82, 2.24) is 4.98 Å². The molecule has 0 amide bonds. The number of furan rings is 1. The zero-order chi connectivity index (χ0) is 21.3. The number of carbonyl (C=O) groups is 1. The van der Waals surface area contributed by atoms with Crippen LogP contribution in [0.4, 0.5) is 5.69 Å². The number of nitro benzene ring substituents is 1. The second kappa shape index (κ2) is 7.79. The molecule has 0 unspecified atom stereocenters. The van der Waals surface area contributed by atoms with Crippen molar-refractivity contribution in [2.45, 2.75) is 19.8 Å². The molecule has 7 heteroatoms. The van der Waals surface area contributed by atoms with Gasteiger partial charge in [0.2, 0.25) is 0 Å². The molecule has 4 rings (SSSR count). The Morgan fingerprint density at radius 3 is 2.47 bits per heavy atom. The van der Waals surface area contributed by atoms with Gasteiger partial charge in [0.1, 0.15) is 11.5 Å². The number of carboxylic acids is 1. The van der Waals surface area contributed by atoms with Crippen molar-refractivity contribution >= 4 is 22.6 Å². The molecule has 2 aromatic heterocycles. The summed E-state index contributed by atoms with van der Waals surface area (Å²) in [6.07, 6.45) is 2.09. The predicted molar refractivity (Wildman–Crippen MR) is 112 cm³/mol. The van der Waals surface area contributed by atoms with Gasteiger partial charge in [0.05, 0.1) is 16.0 Å². The number of aromatic nitrogens is 1. The predicted octanol–water partition coefficient (Wildman–Crippen LogP) is 5.72. The Morgan fingerprint density at radius 1 is 1.07 bits per heavy atom. The number of rotatable bonds is 6. The zero-order valence-electron chi connectivity index (χ0n) is 16.2. The molecule has 150 valence electrons. The van der Waals surface area contributed by atoms with Gasteiger partial charge in [-0.05, 0) is 36.2 Å². The quantitative estimate of drug-likeness (QED) is 0.326. The molecule has 0 radical (unpaired) electrons. The van der Waals surface area contributed by atoms with Crippen LogP contribution in [0.5, 0.6) is 0 Å². The molecule has 0 aliphatic heterocycles. The second-order valence-electron chi connectivity index (χ2n) is 6.93. The monoisotopic (exact) mass is 402 g/mol. The third-order valence-corrected chi connectivity index (χ3v) is 4.87. The van der Waals surface area contributed by atoms with E-state index in [-0.39, 0.29) is 16.6 Å². The fraction of sp³-hybridized carbons (Fsp3) is 0.130. The normalized spacial score (nSPS) is 11.0. The van der Waals surface area contributed by atoms with Crippen LogP contribution in [0.2, 0.25) is 0 Å². The molecule has 0 bridgehead atoms. The summed E-state index contributed by atoms with van der Waals surface area (Å²) in [6.45, 7) is 2.13. The molecular formula is C23H18N2O5. The topological polar surface area (TPSA) is 106 Å². The summed E-state index contributed by atoms with van der Waals surface area (Å²) in [5, 5.41) is 20.8. The molecule has 0 spiro atoms.